The van der Waals surface area contributed by atoms with Gasteiger partial charge in [0.25, 0.3) is 5.56 Å². The van der Waals surface area contributed by atoms with Gasteiger partial charge in [0.15, 0.2) is 11.6 Å². The fourth-order valence-electron chi connectivity index (χ4n) is 4.41. The second-order valence-electron chi connectivity index (χ2n) is 8.50. The molecule has 1 fully saturated rings. The fraction of sp³-hybridized carbons (Fsp3) is 0.231. The molecule has 176 valence electrons. The molecule has 4 aromatic rings. The van der Waals surface area contributed by atoms with E-state index in [4.69, 9.17) is 9.72 Å². The van der Waals surface area contributed by atoms with Crippen molar-refractivity contribution in [2.45, 2.75) is 25.5 Å². The SMILES string of the molecule is COc1ccc(-n2c(C3CC(O)CN3)nc3c(-c4ccc(C)nc4)cc(C#N)cc3c2=O)cc1F. The highest BCUT2D eigenvalue weighted by molar-refractivity contribution is 5.94. The highest BCUT2D eigenvalue weighted by Crippen LogP contribution is 2.31. The van der Waals surface area contributed by atoms with Gasteiger partial charge in [0, 0.05) is 35.6 Å². The first-order chi connectivity index (χ1) is 16.9. The Balaban J connectivity index is 1.85. The third kappa shape index (κ3) is 4.03. The standard InChI is InChI=1S/C26H22FN5O3/c1-14-3-4-16(12-29-14)19-7-15(11-28)8-20-24(19)31-25(22-10-18(33)13-30-22)32(26(20)34)17-5-6-23(35-2)21(27)9-17/h3-9,12,18,22,30,33H,10,13H2,1-2H3. The van der Waals surface area contributed by atoms with Crippen LogP contribution in [-0.4, -0.2) is 39.4 Å². The van der Waals surface area contributed by atoms with Gasteiger partial charge in [-0.05, 0) is 43.7 Å². The van der Waals surface area contributed by atoms with Gasteiger partial charge < -0.3 is 15.2 Å². The van der Waals surface area contributed by atoms with E-state index in [0.717, 1.165) is 5.69 Å². The van der Waals surface area contributed by atoms with Crippen molar-refractivity contribution in [3.05, 3.63) is 81.9 Å². The second kappa shape index (κ2) is 8.91. The number of hydrogen-bond acceptors (Lipinski definition) is 7. The predicted molar refractivity (Wildman–Crippen MR) is 128 cm³/mol. The number of rotatable bonds is 4. The maximum atomic E-state index is 14.6. The number of nitrogens with zero attached hydrogens (tertiary/aromatic N) is 4. The van der Waals surface area contributed by atoms with Crippen LogP contribution in [0.3, 0.4) is 0 Å². The van der Waals surface area contributed by atoms with Crippen molar-refractivity contribution >= 4 is 10.9 Å². The van der Waals surface area contributed by atoms with Gasteiger partial charge in [-0.3, -0.25) is 14.3 Å². The summed E-state index contributed by atoms with van der Waals surface area (Å²) in [7, 11) is 1.36. The molecule has 2 N–H and O–H groups in total. The number of aliphatic hydroxyl groups is 1. The van der Waals surface area contributed by atoms with Crippen LogP contribution in [0.15, 0.2) is 53.5 Å². The minimum atomic E-state index is -0.625. The van der Waals surface area contributed by atoms with E-state index in [1.807, 2.05) is 19.1 Å². The lowest BCUT2D eigenvalue weighted by atomic mass is 10.00. The summed E-state index contributed by atoms with van der Waals surface area (Å²) < 4.78 is 21.0. The number of methoxy groups -OCH3 is 1. The minimum absolute atomic E-state index is 0.0486. The zero-order valence-corrected chi connectivity index (χ0v) is 19.1. The molecule has 1 aliphatic heterocycles. The molecule has 2 unspecified atom stereocenters. The summed E-state index contributed by atoms with van der Waals surface area (Å²) in [6.45, 7) is 2.21. The molecule has 35 heavy (non-hydrogen) atoms. The zero-order chi connectivity index (χ0) is 24.7. The molecule has 1 aliphatic rings. The number of benzene rings is 2. The zero-order valence-electron chi connectivity index (χ0n) is 19.1. The lowest BCUT2D eigenvalue weighted by Crippen LogP contribution is -2.29. The number of halogens is 1. The molecular formula is C26H22FN5O3. The van der Waals surface area contributed by atoms with Gasteiger partial charge in [0.1, 0.15) is 5.82 Å². The number of β-amino-alcohol motifs (C(OH)–C–C–N with tert-alkyl or cyclic N) is 1. The van der Waals surface area contributed by atoms with Gasteiger partial charge in [-0.25, -0.2) is 9.37 Å². The third-order valence-corrected chi connectivity index (χ3v) is 6.16. The molecule has 0 aliphatic carbocycles. The molecule has 9 heteroatoms. The molecule has 0 radical (unpaired) electrons. The maximum Gasteiger partial charge on any atom is 0.266 e. The van der Waals surface area contributed by atoms with Crippen molar-refractivity contribution in [1.82, 2.24) is 19.9 Å². The average molecular weight is 471 g/mol. The molecule has 0 amide bonds. The molecule has 0 saturated carbocycles. The van der Waals surface area contributed by atoms with Gasteiger partial charge >= 0.3 is 0 Å². The lowest BCUT2D eigenvalue weighted by molar-refractivity contribution is 0.193. The molecule has 8 nitrogen and oxygen atoms in total. The first kappa shape index (κ1) is 22.7. The van der Waals surface area contributed by atoms with E-state index in [-0.39, 0.29) is 16.8 Å². The van der Waals surface area contributed by atoms with Crippen LogP contribution in [0.4, 0.5) is 4.39 Å². The highest BCUT2D eigenvalue weighted by Gasteiger charge is 2.29. The van der Waals surface area contributed by atoms with E-state index < -0.39 is 23.5 Å². The van der Waals surface area contributed by atoms with Gasteiger partial charge in [0.05, 0.1) is 47.5 Å². The Kier molecular flexibility index (Phi) is 5.76. The molecule has 1 saturated heterocycles. The van der Waals surface area contributed by atoms with Crippen LogP contribution in [0.1, 0.15) is 29.5 Å². The lowest BCUT2D eigenvalue weighted by Gasteiger charge is -2.20. The Bertz CT molecular complexity index is 1540. The van der Waals surface area contributed by atoms with Crippen LogP contribution in [0, 0.1) is 24.1 Å². The predicted octanol–water partition coefficient (Wildman–Crippen LogP) is 3.17. The summed E-state index contributed by atoms with van der Waals surface area (Å²) in [5, 5.41) is 23.2. The molecule has 2 atom stereocenters. The number of aromatic nitrogens is 3. The van der Waals surface area contributed by atoms with E-state index >= 15 is 0 Å². The summed E-state index contributed by atoms with van der Waals surface area (Å²) in [6.07, 6.45) is 1.42. The second-order valence-corrected chi connectivity index (χ2v) is 8.50. The van der Waals surface area contributed by atoms with E-state index in [1.165, 1.54) is 29.9 Å². The number of ether oxygens (including phenoxy) is 1. The van der Waals surface area contributed by atoms with Crippen LogP contribution in [0.2, 0.25) is 0 Å². The fourth-order valence-corrected chi connectivity index (χ4v) is 4.41. The molecule has 0 bridgehead atoms. The maximum absolute atomic E-state index is 14.6. The first-order valence-electron chi connectivity index (χ1n) is 11.1. The van der Waals surface area contributed by atoms with Crippen LogP contribution >= 0.6 is 0 Å². The molecule has 0 spiro atoms. The summed E-state index contributed by atoms with van der Waals surface area (Å²) in [5.41, 5.74) is 2.65. The molecule has 3 heterocycles. The van der Waals surface area contributed by atoms with Crippen LogP contribution in [-0.2, 0) is 0 Å². The third-order valence-electron chi connectivity index (χ3n) is 6.16. The number of hydrogen-bond donors (Lipinski definition) is 2. The van der Waals surface area contributed by atoms with E-state index in [2.05, 4.69) is 16.4 Å². The number of aliphatic hydroxyl groups excluding tert-OH is 1. The van der Waals surface area contributed by atoms with Crippen LogP contribution in [0.25, 0.3) is 27.7 Å². The number of aryl methyl sites for hydroxylation is 1. The van der Waals surface area contributed by atoms with Crippen molar-refractivity contribution in [2.24, 2.45) is 0 Å². The largest absolute Gasteiger partial charge is 0.494 e. The first-order valence-corrected chi connectivity index (χ1v) is 11.1. The normalized spacial score (nSPS) is 17.5. The van der Waals surface area contributed by atoms with Crippen molar-refractivity contribution in [3.63, 3.8) is 0 Å². The quantitative estimate of drug-likeness (QED) is 0.470. The Labute approximate surface area is 200 Å². The van der Waals surface area contributed by atoms with Crippen LogP contribution < -0.4 is 15.6 Å². The summed E-state index contributed by atoms with van der Waals surface area (Å²) >= 11 is 0. The topological polar surface area (TPSA) is 113 Å². The van der Waals surface area contributed by atoms with Gasteiger partial charge in [-0.2, -0.15) is 5.26 Å². The van der Waals surface area contributed by atoms with Crippen molar-refractivity contribution in [3.8, 4) is 28.6 Å². The molecule has 2 aromatic carbocycles. The monoisotopic (exact) mass is 471 g/mol. The van der Waals surface area contributed by atoms with E-state index in [9.17, 15) is 19.6 Å². The van der Waals surface area contributed by atoms with E-state index in [0.29, 0.717) is 41.0 Å². The summed E-state index contributed by atoms with van der Waals surface area (Å²) in [5.74, 6) is -0.235. The Morgan fingerprint density at radius 2 is 2.09 bits per heavy atom. The van der Waals surface area contributed by atoms with Gasteiger partial charge in [0.2, 0.25) is 0 Å². The minimum Gasteiger partial charge on any atom is -0.494 e. The number of fused-ring (bicyclic) bond motifs is 1. The number of nitriles is 1. The van der Waals surface area contributed by atoms with Crippen LogP contribution in [0.5, 0.6) is 5.75 Å². The number of nitrogens with one attached hydrogen (secondary N) is 1. The smallest absolute Gasteiger partial charge is 0.266 e. The Morgan fingerprint density at radius 3 is 2.71 bits per heavy atom. The number of pyridine rings is 1. The molecule has 5 rings (SSSR count). The average Bonchev–Trinajstić information content (AvgIpc) is 3.30. The molecule has 2 aromatic heterocycles. The Hall–Kier alpha value is -4.13. The van der Waals surface area contributed by atoms with Gasteiger partial charge in [-0.1, -0.05) is 6.07 Å². The summed E-state index contributed by atoms with van der Waals surface area (Å²) in [6, 6.07) is 12.8. The van der Waals surface area contributed by atoms with Crippen molar-refractivity contribution in [1.29, 1.82) is 5.26 Å². The van der Waals surface area contributed by atoms with Crippen molar-refractivity contribution in [2.75, 3.05) is 13.7 Å². The highest BCUT2D eigenvalue weighted by atomic mass is 19.1. The molecular weight excluding hydrogens is 449 g/mol. The van der Waals surface area contributed by atoms with Gasteiger partial charge in [-0.15, -0.1) is 0 Å². The summed E-state index contributed by atoms with van der Waals surface area (Å²) in [4.78, 5) is 23.1. The van der Waals surface area contributed by atoms with Crippen molar-refractivity contribution < 1.29 is 14.2 Å². The Morgan fingerprint density at radius 1 is 1.26 bits per heavy atom. The van der Waals surface area contributed by atoms with E-state index in [1.54, 1.807) is 18.3 Å².